The highest BCUT2D eigenvalue weighted by atomic mass is 32.2. The SMILES string of the molecule is CCOc1cc([C@H]2C(C(=O)OC)=C(C)N=C3SCCC(=O)N32)ccc1OC(C)=O. The summed E-state index contributed by atoms with van der Waals surface area (Å²) in [6.45, 7) is 5.19. The zero-order valence-electron chi connectivity index (χ0n) is 16.7. The number of ether oxygens (including phenoxy) is 3. The molecule has 9 heteroatoms. The second-order valence-corrected chi connectivity index (χ2v) is 7.44. The van der Waals surface area contributed by atoms with Gasteiger partial charge in [0.05, 0.1) is 31.0 Å². The summed E-state index contributed by atoms with van der Waals surface area (Å²) in [7, 11) is 1.29. The number of thioether (sulfide) groups is 1. The van der Waals surface area contributed by atoms with Crippen LogP contribution in [-0.4, -0.2) is 47.4 Å². The Morgan fingerprint density at radius 1 is 1.31 bits per heavy atom. The van der Waals surface area contributed by atoms with Crippen LogP contribution >= 0.6 is 11.8 Å². The van der Waals surface area contributed by atoms with Crippen LogP contribution in [0.3, 0.4) is 0 Å². The van der Waals surface area contributed by atoms with Crippen LogP contribution in [0.2, 0.25) is 0 Å². The van der Waals surface area contributed by atoms with E-state index in [0.29, 0.717) is 41.0 Å². The lowest BCUT2D eigenvalue weighted by Crippen LogP contribution is -2.45. The van der Waals surface area contributed by atoms with Crippen molar-refractivity contribution in [3.63, 3.8) is 0 Å². The molecular formula is C20H22N2O6S. The minimum absolute atomic E-state index is 0.122. The Labute approximate surface area is 172 Å². The van der Waals surface area contributed by atoms with E-state index in [9.17, 15) is 14.4 Å². The molecule has 1 saturated heterocycles. The summed E-state index contributed by atoms with van der Waals surface area (Å²) < 4.78 is 15.8. The number of carbonyl (C=O) groups is 3. The fourth-order valence-corrected chi connectivity index (χ4v) is 4.29. The molecule has 8 nitrogen and oxygen atoms in total. The minimum atomic E-state index is -0.708. The summed E-state index contributed by atoms with van der Waals surface area (Å²) in [6.07, 6.45) is 0.345. The van der Waals surface area contributed by atoms with Crippen molar-refractivity contribution >= 4 is 34.8 Å². The van der Waals surface area contributed by atoms with Crippen LogP contribution < -0.4 is 9.47 Å². The molecule has 1 atom stereocenters. The molecule has 2 aliphatic rings. The van der Waals surface area contributed by atoms with Gasteiger partial charge in [0.1, 0.15) is 0 Å². The molecule has 0 unspecified atom stereocenters. The maximum Gasteiger partial charge on any atom is 0.338 e. The van der Waals surface area contributed by atoms with Gasteiger partial charge in [0.15, 0.2) is 16.7 Å². The highest BCUT2D eigenvalue weighted by Crippen LogP contribution is 2.42. The van der Waals surface area contributed by atoms with E-state index in [4.69, 9.17) is 14.2 Å². The molecule has 0 N–H and O–H groups in total. The van der Waals surface area contributed by atoms with E-state index in [0.717, 1.165) is 0 Å². The van der Waals surface area contributed by atoms with Crippen LogP contribution in [0, 0.1) is 0 Å². The number of fused-ring (bicyclic) bond motifs is 1. The van der Waals surface area contributed by atoms with Gasteiger partial charge in [0.2, 0.25) is 5.91 Å². The number of carbonyl (C=O) groups excluding carboxylic acids is 3. The smallest absolute Gasteiger partial charge is 0.338 e. The van der Waals surface area contributed by atoms with Crippen molar-refractivity contribution in [2.24, 2.45) is 4.99 Å². The fourth-order valence-electron chi connectivity index (χ4n) is 3.28. The Morgan fingerprint density at radius 3 is 2.72 bits per heavy atom. The Morgan fingerprint density at radius 2 is 2.07 bits per heavy atom. The summed E-state index contributed by atoms with van der Waals surface area (Å²) in [6, 6.07) is 4.27. The number of aliphatic imine (C=N–C) groups is 1. The number of methoxy groups -OCH3 is 1. The second-order valence-electron chi connectivity index (χ2n) is 6.38. The number of nitrogens with zero attached hydrogens (tertiary/aromatic N) is 2. The van der Waals surface area contributed by atoms with Gasteiger partial charge >= 0.3 is 11.9 Å². The van der Waals surface area contributed by atoms with Crippen LogP contribution in [0.15, 0.2) is 34.5 Å². The number of benzene rings is 1. The van der Waals surface area contributed by atoms with E-state index < -0.39 is 18.0 Å². The van der Waals surface area contributed by atoms with Gasteiger partial charge in [-0.2, -0.15) is 0 Å². The van der Waals surface area contributed by atoms with Crippen molar-refractivity contribution in [1.29, 1.82) is 0 Å². The van der Waals surface area contributed by atoms with Gasteiger partial charge in [-0.15, -0.1) is 0 Å². The predicted octanol–water partition coefficient (Wildman–Crippen LogP) is 2.83. The van der Waals surface area contributed by atoms with Gasteiger partial charge in [0, 0.05) is 19.1 Å². The van der Waals surface area contributed by atoms with Gasteiger partial charge in [-0.25, -0.2) is 9.79 Å². The van der Waals surface area contributed by atoms with Crippen LogP contribution in [0.25, 0.3) is 0 Å². The van der Waals surface area contributed by atoms with Crippen LogP contribution in [0.4, 0.5) is 0 Å². The number of esters is 2. The van der Waals surface area contributed by atoms with Gasteiger partial charge in [0.25, 0.3) is 0 Å². The third-order valence-corrected chi connectivity index (χ3v) is 5.40. The molecule has 1 aromatic carbocycles. The Kier molecular flexibility index (Phi) is 6.26. The van der Waals surface area contributed by atoms with E-state index in [2.05, 4.69) is 4.99 Å². The summed E-state index contributed by atoms with van der Waals surface area (Å²) in [4.78, 5) is 42.7. The third kappa shape index (κ3) is 4.14. The van der Waals surface area contributed by atoms with Crippen molar-refractivity contribution in [1.82, 2.24) is 4.90 Å². The molecule has 1 aromatic rings. The summed E-state index contributed by atoms with van der Waals surface area (Å²) in [5, 5.41) is 0.554. The monoisotopic (exact) mass is 418 g/mol. The molecule has 0 spiro atoms. The first kappa shape index (κ1) is 20.9. The van der Waals surface area contributed by atoms with Crippen molar-refractivity contribution in [2.75, 3.05) is 19.5 Å². The molecular weight excluding hydrogens is 396 g/mol. The van der Waals surface area contributed by atoms with Crippen LogP contribution in [0.5, 0.6) is 11.5 Å². The first-order valence-electron chi connectivity index (χ1n) is 9.15. The minimum Gasteiger partial charge on any atom is -0.490 e. The maximum atomic E-state index is 12.8. The van der Waals surface area contributed by atoms with E-state index in [1.165, 1.54) is 30.7 Å². The fraction of sp³-hybridized carbons (Fsp3) is 0.400. The highest BCUT2D eigenvalue weighted by molar-refractivity contribution is 8.14. The van der Waals surface area contributed by atoms with E-state index >= 15 is 0 Å². The lowest BCUT2D eigenvalue weighted by molar-refractivity contribution is -0.137. The molecule has 0 bridgehead atoms. The molecule has 0 saturated carbocycles. The normalized spacial score (nSPS) is 18.8. The number of allylic oxidation sites excluding steroid dienone is 1. The van der Waals surface area contributed by atoms with Crippen molar-refractivity contribution < 1.29 is 28.6 Å². The molecule has 0 radical (unpaired) electrons. The molecule has 29 heavy (non-hydrogen) atoms. The van der Waals surface area contributed by atoms with Gasteiger partial charge < -0.3 is 14.2 Å². The van der Waals surface area contributed by atoms with E-state index in [1.54, 1.807) is 25.1 Å². The lowest BCUT2D eigenvalue weighted by atomic mass is 9.94. The molecule has 154 valence electrons. The first-order valence-corrected chi connectivity index (χ1v) is 10.1. The lowest BCUT2D eigenvalue weighted by Gasteiger charge is -2.38. The second kappa shape index (κ2) is 8.69. The summed E-state index contributed by atoms with van der Waals surface area (Å²) >= 11 is 1.47. The molecule has 0 aliphatic carbocycles. The van der Waals surface area contributed by atoms with Crippen molar-refractivity contribution in [2.45, 2.75) is 33.2 Å². The Bertz CT molecular complexity index is 924. The largest absolute Gasteiger partial charge is 0.490 e. The molecule has 2 heterocycles. The zero-order chi connectivity index (χ0) is 21.1. The van der Waals surface area contributed by atoms with Crippen molar-refractivity contribution in [3.8, 4) is 11.5 Å². The summed E-state index contributed by atoms with van der Waals surface area (Å²) in [5.74, 6) is 0.108. The van der Waals surface area contributed by atoms with Crippen LogP contribution in [-0.2, 0) is 19.1 Å². The van der Waals surface area contributed by atoms with E-state index in [1.807, 2.05) is 6.92 Å². The first-order chi connectivity index (χ1) is 13.9. The number of amidine groups is 1. The van der Waals surface area contributed by atoms with Gasteiger partial charge in [-0.05, 0) is 31.5 Å². The summed E-state index contributed by atoms with van der Waals surface area (Å²) in [5.41, 5.74) is 1.42. The standard InChI is InChI=1S/C20H22N2O6S/c1-5-27-15-10-13(6-7-14(15)28-12(3)23)18-17(19(25)26-4)11(2)21-20-22(18)16(24)8-9-29-20/h6-7,10,18H,5,8-9H2,1-4H3/t18-/m0/s1. The molecule has 1 fully saturated rings. The average Bonchev–Trinajstić information content (AvgIpc) is 2.68. The molecule has 1 amide bonds. The highest BCUT2D eigenvalue weighted by Gasteiger charge is 2.41. The number of rotatable bonds is 5. The van der Waals surface area contributed by atoms with E-state index in [-0.39, 0.29) is 17.2 Å². The number of hydrogen-bond donors (Lipinski definition) is 0. The average molecular weight is 418 g/mol. The quantitative estimate of drug-likeness (QED) is 0.536. The van der Waals surface area contributed by atoms with Crippen molar-refractivity contribution in [3.05, 3.63) is 35.0 Å². The zero-order valence-corrected chi connectivity index (χ0v) is 17.5. The van der Waals surface area contributed by atoms with Crippen LogP contribution in [0.1, 0.15) is 38.8 Å². The Balaban J connectivity index is 2.15. The van der Waals surface area contributed by atoms with Gasteiger partial charge in [-0.1, -0.05) is 17.8 Å². The number of amides is 1. The predicted molar refractivity (Wildman–Crippen MR) is 108 cm³/mol. The molecule has 2 aliphatic heterocycles. The Hall–Kier alpha value is -2.81. The molecule has 0 aromatic heterocycles. The third-order valence-electron chi connectivity index (χ3n) is 4.45. The maximum absolute atomic E-state index is 12.8. The number of hydrogen-bond acceptors (Lipinski definition) is 8. The topological polar surface area (TPSA) is 94.5 Å². The molecule has 3 rings (SSSR count). The van der Waals surface area contributed by atoms with Gasteiger partial charge in [-0.3, -0.25) is 14.5 Å².